The molecule has 4 rings (SSSR count). The van der Waals surface area contributed by atoms with Gasteiger partial charge in [-0.15, -0.1) is 0 Å². The molecule has 2 aromatic rings. The molecule has 14 heteroatoms. The maximum atomic E-state index is 13.3. The molecule has 2 aromatic heterocycles. The van der Waals surface area contributed by atoms with Crippen molar-refractivity contribution >= 4 is 35.6 Å². The molecule has 0 bridgehead atoms. The van der Waals surface area contributed by atoms with Crippen LogP contribution in [0.4, 0.5) is 9.59 Å². The second kappa shape index (κ2) is 26.5. The fourth-order valence-corrected chi connectivity index (χ4v) is 7.99. The van der Waals surface area contributed by atoms with Crippen LogP contribution in [0.2, 0.25) is 0 Å². The summed E-state index contributed by atoms with van der Waals surface area (Å²) in [4.78, 5) is 83.5. The number of imidazole rings is 2. The Morgan fingerprint density at radius 2 is 0.957 bits per heavy atom. The van der Waals surface area contributed by atoms with Crippen molar-refractivity contribution in [2.45, 2.75) is 120 Å². The Balaban J connectivity index is 1.21. The van der Waals surface area contributed by atoms with E-state index in [1.807, 2.05) is 140 Å². The molecule has 0 radical (unpaired) electrons. The summed E-state index contributed by atoms with van der Waals surface area (Å²) in [5.74, 6) is -1.32. The lowest BCUT2D eigenvalue weighted by atomic mass is 9.71. The Hall–Kier alpha value is -7.22. The van der Waals surface area contributed by atoms with Crippen molar-refractivity contribution in [2.24, 2.45) is 10.8 Å². The van der Waals surface area contributed by atoms with Crippen LogP contribution >= 0.6 is 0 Å². The lowest BCUT2D eigenvalue weighted by Crippen LogP contribution is -2.39. The highest BCUT2D eigenvalue weighted by molar-refractivity contribution is 6.02. The number of carbonyl (C=O) groups is 6. The summed E-state index contributed by atoms with van der Waals surface area (Å²) < 4.78 is 13.9. The van der Waals surface area contributed by atoms with E-state index < -0.39 is 35.0 Å². The van der Waals surface area contributed by atoms with Gasteiger partial charge in [-0.1, -0.05) is 135 Å². The first-order valence-electron chi connectivity index (χ1n) is 23.7. The third-order valence-corrected chi connectivity index (χ3v) is 12.0. The van der Waals surface area contributed by atoms with Gasteiger partial charge in [-0.05, 0) is 87.5 Å². The molecule has 2 aliphatic rings. The summed E-state index contributed by atoms with van der Waals surface area (Å²) >= 11 is 0. The molecule has 70 heavy (non-hydrogen) atoms. The lowest BCUT2D eigenvalue weighted by molar-refractivity contribution is -0.156. The van der Waals surface area contributed by atoms with Gasteiger partial charge in [0.15, 0.2) is 23.8 Å². The van der Waals surface area contributed by atoms with Crippen molar-refractivity contribution in [1.29, 1.82) is 0 Å². The number of aromatic nitrogens is 4. The Morgan fingerprint density at radius 3 is 1.31 bits per heavy atom. The van der Waals surface area contributed by atoms with Crippen LogP contribution in [0.5, 0.6) is 0 Å². The second-order valence-corrected chi connectivity index (χ2v) is 19.0. The van der Waals surface area contributed by atoms with Crippen LogP contribution in [0.25, 0.3) is 0 Å². The van der Waals surface area contributed by atoms with Gasteiger partial charge < -0.3 is 20.1 Å². The minimum Gasteiger partial charge on any atom is -0.454 e. The van der Waals surface area contributed by atoms with Crippen LogP contribution in [0, 0.1) is 10.8 Å². The molecule has 0 aliphatic heterocycles. The molecule has 0 aromatic carbocycles. The fourth-order valence-electron chi connectivity index (χ4n) is 7.99. The molecule has 2 atom stereocenters. The van der Waals surface area contributed by atoms with Crippen LogP contribution in [0.15, 0.2) is 167 Å². The molecule has 0 fully saturated rings. The first kappa shape index (κ1) is 55.4. The standard InChI is InChI=1S/C56H70N6O8/c1-39(19-13-21-41(3)25-27-45-43(5)51(65)47(35-55(45,7)8)69-49(63)23-15-29-59-53(67)61-33-31-57-37-61)17-11-12-18-40(2)20-14-22-42(4)26-28-46-44(6)52(66)48(36-56(46,9)10)70-50(64)24-16-30-60-54(68)62-34-32-58-38-62/h11-14,17-22,25-28,31-34,37-38,47-48H,15-16,23-24,29-30,35-36H2,1-10H3,(H,59,67)(H,60,68). The highest BCUT2D eigenvalue weighted by Gasteiger charge is 2.41. The molecule has 2 N–H and O–H groups in total. The smallest absolute Gasteiger partial charge is 0.326 e. The van der Waals surface area contributed by atoms with Gasteiger partial charge in [0.05, 0.1) is 0 Å². The summed E-state index contributed by atoms with van der Waals surface area (Å²) in [7, 11) is 0. The zero-order valence-electron chi connectivity index (χ0n) is 42.4. The summed E-state index contributed by atoms with van der Waals surface area (Å²) in [5, 5.41) is 5.43. The lowest BCUT2D eigenvalue weighted by Gasteiger charge is -2.36. The number of hydrogen-bond acceptors (Lipinski definition) is 10. The molecule has 0 saturated heterocycles. The van der Waals surface area contributed by atoms with Crippen molar-refractivity contribution in [3.63, 3.8) is 0 Å². The summed E-state index contributed by atoms with van der Waals surface area (Å²) in [6.07, 6.45) is 36.9. The van der Waals surface area contributed by atoms with E-state index in [1.165, 1.54) is 46.6 Å². The van der Waals surface area contributed by atoms with Crippen molar-refractivity contribution in [1.82, 2.24) is 29.7 Å². The number of carbonyl (C=O) groups excluding carboxylic acids is 6. The number of Topliss-reactive ketones (excluding diaryl/α,β-unsaturated/α-hetero) is 2. The number of ether oxygens (including phenoxy) is 2. The first-order chi connectivity index (χ1) is 33.2. The normalized spacial score (nSPS) is 19.4. The Labute approximate surface area is 413 Å². The minimum atomic E-state index is -0.848. The van der Waals surface area contributed by atoms with Crippen molar-refractivity contribution in [3.8, 4) is 0 Å². The van der Waals surface area contributed by atoms with Crippen LogP contribution in [-0.2, 0) is 28.7 Å². The molecular formula is C56H70N6O8. The topological polar surface area (TPSA) is 181 Å². The van der Waals surface area contributed by atoms with Crippen LogP contribution in [0.1, 0.15) is 108 Å². The monoisotopic (exact) mass is 955 g/mol. The van der Waals surface area contributed by atoms with Gasteiger partial charge in [-0.25, -0.2) is 19.6 Å². The number of nitrogens with one attached hydrogen (secondary N) is 2. The highest BCUT2D eigenvalue weighted by Crippen LogP contribution is 2.42. The predicted molar refractivity (Wildman–Crippen MR) is 273 cm³/mol. The molecule has 2 amide bonds. The Kier molecular flexibility index (Phi) is 21.0. The van der Waals surface area contributed by atoms with E-state index in [0.29, 0.717) is 36.8 Å². The van der Waals surface area contributed by atoms with E-state index in [0.717, 1.165) is 33.4 Å². The number of rotatable bonds is 20. The van der Waals surface area contributed by atoms with E-state index >= 15 is 0 Å². The maximum absolute atomic E-state index is 13.3. The number of ketones is 2. The molecular weight excluding hydrogens is 885 g/mol. The van der Waals surface area contributed by atoms with Gasteiger partial charge in [0.2, 0.25) is 0 Å². The Morgan fingerprint density at radius 1 is 0.600 bits per heavy atom. The quantitative estimate of drug-likeness (QED) is 0.0736. The van der Waals surface area contributed by atoms with Gasteiger partial charge in [-0.3, -0.25) is 28.3 Å². The SMILES string of the molecule is CC(C=CC=C(C)C=CC1=C(C)C(=O)C(OC(=O)CCCNC(=O)n2ccnc2)CC1(C)C)=CC=CC=C(C)C=CC=C(C)C=CC1=C(C)C(=O)C(OC(=O)CCCNC(=O)n2ccnc2)CC1(C)C. The number of amides is 2. The molecule has 372 valence electrons. The fraction of sp³-hybridized carbons (Fsp3) is 0.393. The zero-order valence-corrected chi connectivity index (χ0v) is 42.4. The van der Waals surface area contributed by atoms with E-state index in [1.54, 1.807) is 13.8 Å². The van der Waals surface area contributed by atoms with Crippen molar-refractivity contribution in [2.75, 3.05) is 13.1 Å². The zero-order chi connectivity index (χ0) is 51.4. The molecule has 0 saturated carbocycles. The number of hydrogen-bond donors (Lipinski definition) is 2. The van der Waals surface area contributed by atoms with Crippen LogP contribution in [-0.4, -0.2) is 80.0 Å². The van der Waals surface area contributed by atoms with E-state index in [9.17, 15) is 28.8 Å². The van der Waals surface area contributed by atoms with Gasteiger partial charge in [0, 0.05) is 63.6 Å². The molecule has 2 unspecified atom stereocenters. The summed E-state index contributed by atoms with van der Waals surface area (Å²) in [6.45, 7) is 20.4. The molecule has 2 heterocycles. The minimum absolute atomic E-state index is 0.0842. The van der Waals surface area contributed by atoms with Crippen LogP contribution < -0.4 is 10.6 Å². The first-order valence-corrected chi connectivity index (χ1v) is 23.7. The third kappa shape index (κ3) is 17.4. The van der Waals surface area contributed by atoms with Gasteiger partial charge in [-0.2, -0.15) is 0 Å². The molecule has 14 nitrogen and oxygen atoms in total. The van der Waals surface area contributed by atoms with E-state index in [-0.39, 0.29) is 49.6 Å². The third-order valence-electron chi connectivity index (χ3n) is 12.0. The summed E-state index contributed by atoms with van der Waals surface area (Å²) in [5.41, 5.74) is 6.35. The second-order valence-electron chi connectivity index (χ2n) is 19.0. The van der Waals surface area contributed by atoms with Crippen molar-refractivity contribution in [3.05, 3.63) is 167 Å². The number of nitrogens with zero attached hydrogens (tertiary/aromatic N) is 4. The maximum Gasteiger partial charge on any atom is 0.326 e. The average Bonchev–Trinajstić information content (AvgIpc) is 4.05. The van der Waals surface area contributed by atoms with Crippen LogP contribution in [0.3, 0.4) is 0 Å². The van der Waals surface area contributed by atoms with Crippen molar-refractivity contribution < 1.29 is 38.2 Å². The number of esters is 2. The Bertz CT molecular complexity index is 2390. The summed E-state index contributed by atoms with van der Waals surface area (Å²) in [6, 6.07) is -0.660. The average molecular weight is 955 g/mol. The highest BCUT2D eigenvalue weighted by atomic mass is 16.6. The molecule has 0 spiro atoms. The van der Waals surface area contributed by atoms with Gasteiger partial charge in [0.1, 0.15) is 12.7 Å². The van der Waals surface area contributed by atoms with Gasteiger partial charge in [0.25, 0.3) is 0 Å². The van der Waals surface area contributed by atoms with E-state index in [2.05, 4.69) is 20.6 Å². The largest absolute Gasteiger partial charge is 0.454 e. The number of allylic oxidation sites excluding steroid dienone is 20. The van der Waals surface area contributed by atoms with E-state index in [4.69, 9.17) is 9.47 Å². The van der Waals surface area contributed by atoms with Gasteiger partial charge >= 0.3 is 24.0 Å². The molecule has 2 aliphatic carbocycles. The predicted octanol–water partition coefficient (Wildman–Crippen LogP) is 10.5.